The number of anilines is 1. The van der Waals surface area contributed by atoms with E-state index in [9.17, 15) is 22.0 Å². The smallest absolute Gasteiger partial charge is 0.341 e. The van der Waals surface area contributed by atoms with Gasteiger partial charge in [-0.15, -0.1) is 0 Å². The normalized spacial score (nSPS) is 18.4. The summed E-state index contributed by atoms with van der Waals surface area (Å²) in [5.41, 5.74) is 0.289. The fourth-order valence-electron chi connectivity index (χ4n) is 2.72. The quantitative estimate of drug-likeness (QED) is 0.751. The number of rotatable bonds is 6. The van der Waals surface area contributed by atoms with E-state index in [1.165, 1.54) is 12.1 Å². The number of amides is 1. The van der Waals surface area contributed by atoms with E-state index in [4.69, 9.17) is 9.26 Å². The van der Waals surface area contributed by atoms with Crippen molar-refractivity contribution in [1.29, 1.82) is 0 Å². The van der Waals surface area contributed by atoms with Crippen LogP contribution in [-0.4, -0.2) is 61.4 Å². The van der Waals surface area contributed by atoms with Crippen molar-refractivity contribution in [2.45, 2.75) is 23.6 Å². The SMILES string of the molecule is Cc1noc(C2COCCN2CC(=O)Nc2ccc(S(=O)(=O)C(F)F)cc2)n1. The molecule has 0 saturated carbocycles. The summed E-state index contributed by atoms with van der Waals surface area (Å²) in [6.45, 7) is 2.91. The van der Waals surface area contributed by atoms with E-state index in [0.717, 1.165) is 12.1 Å². The maximum atomic E-state index is 12.6. The second-order valence-corrected chi connectivity index (χ2v) is 8.04. The van der Waals surface area contributed by atoms with Gasteiger partial charge in [-0.1, -0.05) is 5.16 Å². The lowest BCUT2D eigenvalue weighted by Gasteiger charge is -2.32. The van der Waals surface area contributed by atoms with Crippen molar-refractivity contribution >= 4 is 21.4 Å². The Labute approximate surface area is 159 Å². The lowest BCUT2D eigenvalue weighted by molar-refractivity contribution is -0.120. The molecule has 2 aromatic rings. The van der Waals surface area contributed by atoms with Gasteiger partial charge in [0.15, 0.2) is 5.82 Å². The molecule has 1 N–H and O–H groups in total. The number of alkyl halides is 2. The lowest BCUT2D eigenvalue weighted by Crippen LogP contribution is -2.43. The van der Waals surface area contributed by atoms with E-state index in [0.29, 0.717) is 31.5 Å². The van der Waals surface area contributed by atoms with E-state index < -0.39 is 20.5 Å². The maximum Gasteiger partial charge on any atom is 0.341 e. The number of benzene rings is 1. The highest BCUT2D eigenvalue weighted by Crippen LogP contribution is 2.23. The number of ether oxygens (including phenoxy) is 1. The minimum Gasteiger partial charge on any atom is -0.378 e. The van der Waals surface area contributed by atoms with Gasteiger partial charge in [-0.2, -0.15) is 13.8 Å². The van der Waals surface area contributed by atoms with Gasteiger partial charge in [0, 0.05) is 12.2 Å². The van der Waals surface area contributed by atoms with E-state index in [2.05, 4.69) is 15.5 Å². The van der Waals surface area contributed by atoms with Crippen LogP contribution in [0.25, 0.3) is 0 Å². The van der Waals surface area contributed by atoms with Crippen molar-refractivity contribution in [3.63, 3.8) is 0 Å². The summed E-state index contributed by atoms with van der Waals surface area (Å²) >= 11 is 0. The molecule has 28 heavy (non-hydrogen) atoms. The van der Waals surface area contributed by atoms with Crippen LogP contribution in [0.5, 0.6) is 0 Å². The lowest BCUT2D eigenvalue weighted by atomic mass is 10.2. The third-order valence-corrected chi connectivity index (χ3v) is 5.51. The van der Waals surface area contributed by atoms with E-state index in [-0.39, 0.29) is 24.2 Å². The van der Waals surface area contributed by atoms with Gasteiger partial charge < -0.3 is 14.6 Å². The van der Waals surface area contributed by atoms with Gasteiger partial charge in [0.05, 0.1) is 24.7 Å². The monoisotopic (exact) mass is 416 g/mol. The summed E-state index contributed by atoms with van der Waals surface area (Å²) < 4.78 is 58.6. The molecule has 12 heteroatoms. The predicted molar refractivity (Wildman–Crippen MR) is 92.4 cm³/mol. The Kier molecular flexibility index (Phi) is 6.01. The highest BCUT2D eigenvalue weighted by molar-refractivity contribution is 7.91. The van der Waals surface area contributed by atoms with Gasteiger partial charge in [-0.25, -0.2) is 8.42 Å². The number of sulfone groups is 1. The zero-order valence-electron chi connectivity index (χ0n) is 14.8. The van der Waals surface area contributed by atoms with Crippen LogP contribution in [0.2, 0.25) is 0 Å². The zero-order chi connectivity index (χ0) is 20.3. The van der Waals surface area contributed by atoms with Gasteiger partial charge in [0.1, 0.15) is 6.04 Å². The van der Waals surface area contributed by atoms with Gasteiger partial charge in [0.25, 0.3) is 0 Å². The first kappa shape index (κ1) is 20.3. The molecule has 1 saturated heterocycles. The third kappa shape index (κ3) is 4.51. The van der Waals surface area contributed by atoms with Crippen LogP contribution in [0.15, 0.2) is 33.7 Å². The van der Waals surface area contributed by atoms with Crippen LogP contribution in [0.3, 0.4) is 0 Å². The van der Waals surface area contributed by atoms with Crippen LogP contribution in [0, 0.1) is 6.92 Å². The Morgan fingerprint density at radius 1 is 1.36 bits per heavy atom. The number of aryl methyl sites for hydroxylation is 1. The summed E-state index contributed by atoms with van der Waals surface area (Å²) in [6, 6.07) is 4.20. The highest BCUT2D eigenvalue weighted by atomic mass is 32.2. The highest BCUT2D eigenvalue weighted by Gasteiger charge is 2.31. The first-order chi connectivity index (χ1) is 13.3. The fraction of sp³-hybridized carbons (Fsp3) is 0.438. The van der Waals surface area contributed by atoms with Crippen molar-refractivity contribution in [3.05, 3.63) is 36.0 Å². The summed E-state index contributed by atoms with van der Waals surface area (Å²) in [4.78, 5) is 17.8. The molecule has 0 aliphatic carbocycles. The molecular weight excluding hydrogens is 398 g/mol. The molecule has 1 aromatic heterocycles. The summed E-state index contributed by atoms with van der Waals surface area (Å²) in [6.07, 6.45) is 0. The van der Waals surface area contributed by atoms with E-state index in [1.807, 2.05) is 4.90 Å². The van der Waals surface area contributed by atoms with Crippen molar-refractivity contribution in [2.24, 2.45) is 0 Å². The number of hydrogen-bond donors (Lipinski definition) is 1. The van der Waals surface area contributed by atoms with Gasteiger partial charge in [-0.05, 0) is 31.2 Å². The number of carbonyl (C=O) groups excluding carboxylic acids is 1. The Morgan fingerprint density at radius 3 is 2.68 bits per heavy atom. The topological polar surface area (TPSA) is 115 Å². The molecule has 9 nitrogen and oxygen atoms in total. The Bertz CT molecular complexity index is 933. The van der Waals surface area contributed by atoms with E-state index >= 15 is 0 Å². The fourth-order valence-corrected chi connectivity index (χ4v) is 3.44. The molecule has 152 valence electrons. The molecular formula is C16H18F2N4O5S. The van der Waals surface area contributed by atoms with Crippen molar-refractivity contribution < 1.29 is 31.3 Å². The molecule has 1 aliphatic rings. The molecule has 0 bridgehead atoms. The average Bonchev–Trinajstić information content (AvgIpc) is 3.08. The Morgan fingerprint density at radius 2 is 2.07 bits per heavy atom. The van der Waals surface area contributed by atoms with Gasteiger partial charge >= 0.3 is 5.76 Å². The van der Waals surface area contributed by atoms with E-state index in [1.54, 1.807) is 6.92 Å². The zero-order valence-corrected chi connectivity index (χ0v) is 15.7. The third-order valence-electron chi connectivity index (χ3n) is 4.12. The number of hydrogen-bond acceptors (Lipinski definition) is 8. The number of nitrogens with zero attached hydrogens (tertiary/aromatic N) is 3. The molecule has 1 amide bonds. The van der Waals surface area contributed by atoms with Crippen molar-refractivity contribution in [1.82, 2.24) is 15.0 Å². The Hall–Kier alpha value is -2.44. The van der Waals surface area contributed by atoms with Crippen LogP contribution >= 0.6 is 0 Å². The molecule has 1 fully saturated rings. The molecule has 0 radical (unpaired) electrons. The van der Waals surface area contributed by atoms with Crippen LogP contribution < -0.4 is 5.32 Å². The second kappa shape index (κ2) is 8.29. The van der Waals surface area contributed by atoms with Crippen LogP contribution in [0.1, 0.15) is 17.8 Å². The van der Waals surface area contributed by atoms with Gasteiger partial charge in [0.2, 0.25) is 21.6 Å². The average molecular weight is 416 g/mol. The number of morpholine rings is 1. The molecule has 1 unspecified atom stereocenters. The summed E-state index contributed by atoms with van der Waals surface area (Å²) in [7, 11) is -4.67. The minimum atomic E-state index is -4.67. The molecule has 3 rings (SSSR count). The van der Waals surface area contributed by atoms with Crippen molar-refractivity contribution in [2.75, 3.05) is 31.6 Å². The largest absolute Gasteiger partial charge is 0.378 e. The minimum absolute atomic E-state index is 0.00649. The number of aromatic nitrogens is 2. The first-order valence-corrected chi connectivity index (χ1v) is 9.86. The van der Waals surface area contributed by atoms with Crippen LogP contribution in [0.4, 0.5) is 14.5 Å². The van der Waals surface area contributed by atoms with Crippen molar-refractivity contribution in [3.8, 4) is 0 Å². The van der Waals surface area contributed by atoms with Gasteiger partial charge in [-0.3, -0.25) is 9.69 Å². The molecule has 2 heterocycles. The maximum absolute atomic E-state index is 12.6. The second-order valence-electron chi connectivity index (χ2n) is 6.12. The predicted octanol–water partition coefficient (Wildman–Crippen LogP) is 1.39. The summed E-state index contributed by atoms with van der Waals surface area (Å²) in [5, 5.41) is 6.35. The molecule has 1 atom stereocenters. The number of halogens is 2. The standard InChI is InChI=1S/C16H18F2N4O5S/c1-10-19-15(27-21-10)13-9-26-7-6-22(13)8-14(23)20-11-2-4-12(5-3-11)28(24,25)16(17)18/h2-5,13,16H,6-9H2,1H3,(H,20,23). The molecule has 1 aromatic carbocycles. The molecule has 1 aliphatic heterocycles. The summed E-state index contributed by atoms with van der Waals surface area (Å²) in [5.74, 6) is -3.04. The Balaban J connectivity index is 1.64. The molecule has 0 spiro atoms. The first-order valence-electron chi connectivity index (χ1n) is 8.31. The number of nitrogens with one attached hydrogen (secondary N) is 1. The number of carbonyl (C=O) groups is 1. The van der Waals surface area contributed by atoms with Crippen LogP contribution in [-0.2, 0) is 19.4 Å².